The molecule has 2 aliphatic rings. The minimum Gasteiger partial charge on any atom is -0.396 e. The monoisotopic (exact) mass is 211 g/mol. The summed E-state index contributed by atoms with van der Waals surface area (Å²) < 4.78 is 0. The normalized spacial score (nSPS) is 29.8. The van der Waals surface area contributed by atoms with Gasteiger partial charge >= 0.3 is 0 Å². The van der Waals surface area contributed by atoms with E-state index in [4.69, 9.17) is 5.11 Å². The molecule has 2 heteroatoms. The average Bonchev–Trinajstić information content (AvgIpc) is 2.90. The van der Waals surface area contributed by atoms with Crippen molar-refractivity contribution in [1.29, 1.82) is 0 Å². The van der Waals surface area contributed by atoms with Crippen molar-refractivity contribution < 1.29 is 5.11 Å². The van der Waals surface area contributed by atoms with Crippen LogP contribution in [0.3, 0.4) is 0 Å². The smallest absolute Gasteiger partial charge is 0.0431 e. The Kier molecular flexibility index (Phi) is 4.45. The first-order chi connectivity index (χ1) is 7.42. The SMILES string of the molecule is OCCCC(C1CCCC1)C1CCCN1. The fraction of sp³-hybridized carbons (Fsp3) is 1.00. The minimum absolute atomic E-state index is 0.371. The van der Waals surface area contributed by atoms with Crippen molar-refractivity contribution in [2.45, 2.75) is 57.4 Å². The van der Waals surface area contributed by atoms with E-state index in [9.17, 15) is 0 Å². The molecule has 1 aliphatic carbocycles. The van der Waals surface area contributed by atoms with E-state index < -0.39 is 0 Å². The summed E-state index contributed by atoms with van der Waals surface area (Å²) in [5.74, 6) is 1.80. The van der Waals surface area contributed by atoms with Crippen LogP contribution in [0.2, 0.25) is 0 Å². The summed E-state index contributed by atoms with van der Waals surface area (Å²) in [6, 6.07) is 0.764. The van der Waals surface area contributed by atoms with Crippen molar-refractivity contribution in [1.82, 2.24) is 5.32 Å². The Morgan fingerprint density at radius 3 is 2.53 bits per heavy atom. The molecule has 0 radical (unpaired) electrons. The van der Waals surface area contributed by atoms with Crippen LogP contribution in [0.15, 0.2) is 0 Å². The maximum atomic E-state index is 8.98. The van der Waals surface area contributed by atoms with Crippen LogP contribution in [0.4, 0.5) is 0 Å². The van der Waals surface area contributed by atoms with Crippen LogP contribution in [0.5, 0.6) is 0 Å². The van der Waals surface area contributed by atoms with Crippen LogP contribution in [-0.2, 0) is 0 Å². The molecule has 15 heavy (non-hydrogen) atoms. The van der Waals surface area contributed by atoms with Gasteiger partial charge in [-0.25, -0.2) is 0 Å². The number of rotatable bonds is 5. The lowest BCUT2D eigenvalue weighted by Crippen LogP contribution is -2.34. The predicted octanol–water partition coefficient (Wildman–Crippen LogP) is 2.32. The molecule has 2 unspecified atom stereocenters. The van der Waals surface area contributed by atoms with Gasteiger partial charge in [0, 0.05) is 12.6 Å². The number of aliphatic hydroxyl groups is 1. The number of nitrogens with one attached hydrogen (secondary N) is 1. The second-order valence-electron chi connectivity index (χ2n) is 5.28. The fourth-order valence-corrected chi connectivity index (χ4v) is 3.55. The van der Waals surface area contributed by atoms with E-state index in [0.29, 0.717) is 6.61 Å². The molecule has 88 valence electrons. The molecular weight excluding hydrogens is 186 g/mol. The van der Waals surface area contributed by atoms with Gasteiger partial charge in [0.15, 0.2) is 0 Å². The Balaban J connectivity index is 1.88. The lowest BCUT2D eigenvalue weighted by atomic mass is 9.81. The van der Waals surface area contributed by atoms with Gasteiger partial charge in [0.2, 0.25) is 0 Å². The van der Waals surface area contributed by atoms with E-state index in [1.807, 2.05) is 0 Å². The lowest BCUT2D eigenvalue weighted by molar-refractivity contribution is 0.214. The molecule has 1 saturated heterocycles. The van der Waals surface area contributed by atoms with Gasteiger partial charge in [-0.2, -0.15) is 0 Å². The Morgan fingerprint density at radius 2 is 1.93 bits per heavy atom. The molecule has 0 bridgehead atoms. The zero-order chi connectivity index (χ0) is 10.5. The van der Waals surface area contributed by atoms with E-state index >= 15 is 0 Å². The van der Waals surface area contributed by atoms with Crippen LogP contribution >= 0.6 is 0 Å². The molecule has 2 N–H and O–H groups in total. The van der Waals surface area contributed by atoms with Crippen molar-refractivity contribution in [3.05, 3.63) is 0 Å². The van der Waals surface area contributed by atoms with Gasteiger partial charge in [-0.1, -0.05) is 25.7 Å². The summed E-state index contributed by atoms with van der Waals surface area (Å²) in [7, 11) is 0. The topological polar surface area (TPSA) is 32.3 Å². The third-order valence-corrected chi connectivity index (χ3v) is 4.32. The molecule has 1 saturated carbocycles. The van der Waals surface area contributed by atoms with Crippen LogP contribution in [0, 0.1) is 11.8 Å². The number of hydrogen-bond donors (Lipinski definition) is 2. The van der Waals surface area contributed by atoms with Gasteiger partial charge < -0.3 is 10.4 Å². The largest absolute Gasteiger partial charge is 0.396 e. The Bertz CT molecular complexity index is 155. The Hall–Kier alpha value is -0.0800. The zero-order valence-corrected chi connectivity index (χ0v) is 9.75. The molecule has 0 aromatic heterocycles. The molecule has 0 amide bonds. The van der Waals surface area contributed by atoms with Gasteiger partial charge in [0.25, 0.3) is 0 Å². The molecule has 2 atom stereocenters. The van der Waals surface area contributed by atoms with Gasteiger partial charge in [0.1, 0.15) is 0 Å². The Labute approximate surface area is 93.5 Å². The molecule has 1 heterocycles. The van der Waals surface area contributed by atoms with Crippen molar-refractivity contribution in [3.63, 3.8) is 0 Å². The van der Waals surface area contributed by atoms with E-state index in [2.05, 4.69) is 5.32 Å². The molecule has 1 aliphatic heterocycles. The van der Waals surface area contributed by atoms with Crippen LogP contribution in [0.1, 0.15) is 51.4 Å². The van der Waals surface area contributed by atoms with Crippen molar-refractivity contribution >= 4 is 0 Å². The highest BCUT2D eigenvalue weighted by Crippen LogP contribution is 2.37. The molecule has 0 aromatic rings. The van der Waals surface area contributed by atoms with Crippen molar-refractivity contribution in [2.75, 3.05) is 13.2 Å². The molecule has 2 fully saturated rings. The van der Waals surface area contributed by atoms with E-state index in [0.717, 1.165) is 24.3 Å². The van der Waals surface area contributed by atoms with Gasteiger partial charge in [0.05, 0.1) is 0 Å². The summed E-state index contributed by atoms with van der Waals surface area (Å²) in [5.41, 5.74) is 0. The van der Waals surface area contributed by atoms with Gasteiger partial charge in [-0.15, -0.1) is 0 Å². The predicted molar refractivity (Wildman–Crippen MR) is 62.8 cm³/mol. The first-order valence-corrected chi connectivity index (χ1v) is 6.76. The quantitative estimate of drug-likeness (QED) is 0.731. The maximum absolute atomic E-state index is 8.98. The zero-order valence-electron chi connectivity index (χ0n) is 9.75. The standard InChI is InChI=1S/C13H25NO/c15-10-4-7-12(11-5-1-2-6-11)13-8-3-9-14-13/h11-15H,1-10H2. The van der Waals surface area contributed by atoms with Gasteiger partial charge in [-0.05, 0) is 44.1 Å². The fourth-order valence-electron chi connectivity index (χ4n) is 3.55. The second-order valence-corrected chi connectivity index (χ2v) is 5.28. The molecule has 2 rings (SSSR count). The van der Waals surface area contributed by atoms with Crippen molar-refractivity contribution in [3.8, 4) is 0 Å². The van der Waals surface area contributed by atoms with Crippen LogP contribution in [-0.4, -0.2) is 24.3 Å². The maximum Gasteiger partial charge on any atom is 0.0431 e. The third kappa shape index (κ3) is 2.94. The summed E-state index contributed by atoms with van der Waals surface area (Å²) in [6.07, 6.45) is 10.7. The average molecular weight is 211 g/mol. The number of aliphatic hydroxyl groups excluding tert-OH is 1. The Morgan fingerprint density at radius 1 is 1.13 bits per heavy atom. The highest BCUT2D eigenvalue weighted by atomic mass is 16.2. The number of hydrogen-bond acceptors (Lipinski definition) is 2. The molecule has 2 nitrogen and oxygen atoms in total. The molecule has 0 aromatic carbocycles. The highest BCUT2D eigenvalue weighted by molar-refractivity contribution is 4.87. The summed E-state index contributed by atoms with van der Waals surface area (Å²) >= 11 is 0. The second kappa shape index (κ2) is 5.86. The van der Waals surface area contributed by atoms with E-state index in [1.165, 1.54) is 51.5 Å². The third-order valence-electron chi connectivity index (χ3n) is 4.32. The van der Waals surface area contributed by atoms with Gasteiger partial charge in [-0.3, -0.25) is 0 Å². The first-order valence-electron chi connectivity index (χ1n) is 6.76. The minimum atomic E-state index is 0.371. The van der Waals surface area contributed by atoms with Crippen molar-refractivity contribution in [2.24, 2.45) is 11.8 Å². The summed E-state index contributed by atoms with van der Waals surface area (Å²) in [5, 5.41) is 12.6. The highest BCUT2D eigenvalue weighted by Gasteiger charge is 2.32. The van der Waals surface area contributed by atoms with Crippen LogP contribution in [0.25, 0.3) is 0 Å². The van der Waals surface area contributed by atoms with Crippen LogP contribution < -0.4 is 5.32 Å². The van der Waals surface area contributed by atoms with E-state index in [-0.39, 0.29) is 0 Å². The summed E-state index contributed by atoms with van der Waals surface area (Å²) in [4.78, 5) is 0. The molecule has 0 spiro atoms. The molecular formula is C13H25NO. The van der Waals surface area contributed by atoms with E-state index in [1.54, 1.807) is 0 Å². The lowest BCUT2D eigenvalue weighted by Gasteiger charge is -2.29. The first kappa shape index (κ1) is 11.4. The summed E-state index contributed by atoms with van der Waals surface area (Å²) in [6.45, 7) is 1.59.